The van der Waals surface area contributed by atoms with Gasteiger partial charge in [-0.25, -0.2) is 0 Å². The van der Waals surface area contributed by atoms with E-state index in [9.17, 15) is 0 Å². The molecule has 0 bridgehead atoms. The van der Waals surface area contributed by atoms with Crippen LogP contribution in [0.2, 0.25) is 0 Å². The molecule has 0 spiro atoms. The minimum absolute atomic E-state index is 0.739. The molecule has 1 heterocycles. The molecule has 0 radical (unpaired) electrons. The van der Waals surface area contributed by atoms with Gasteiger partial charge in [0.05, 0.1) is 0 Å². The van der Waals surface area contributed by atoms with E-state index < -0.39 is 0 Å². The highest BCUT2D eigenvalue weighted by Crippen LogP contribution is 2.01. The van der Waals surface area contributed by atoms with Crippen LogP contribution in [0.25, 0.3) is 0 Å². The smallest absolute Gasteiger partial charge is 0.216 e. The number of hydrogen-bond donors (Lipinski definition) is 0. The van der Waals surface area contributed by atoms with Crippen molar-refractivity contribution in [3.8, 4) is 0 Å². The molecule has 10 heavy (non-hydrogen) atoms. The summed E-state index contributed by atoms with van der Waals surface area (Å²) < 4.78 is 5.25. The third kappa shape index (κ3) is 1.56. The first kappa shape index (κ1) is 7.25. The molecule has 0 aliphatic rings. The van der Waals surface area contributed by atoms with Gasteiger partial charge in [0.2, 0.25) is 11.8 Å². The predicted octanol–water partition coefficient (Wildman–Crippen LogP) is 1.58. The van der Waals surface area contributed by atoms with Gasteiger partial charge < -0.3 is 4.42 Å². The highest BCUT2D eigenvalue weighted by Gasteiger charge is 2.00. The Morgan fingerprint density at radius 1 is 1.20 bits per heavy atom. The molecule has 3 nitrogen and oxygen atoms in total. The Bertz CT molecular complexity index is 195. The summed E-state index contributed by atoms with van der Waals surface area (Å²) in [6.07, 6.45) is 2.79. The normalized spacial score (nSPS) is 10.2. The molecule has 0 aliphatic carbocycles. The lowest BCUT2D eigenvalue weighted by Gasteiger charge is -1.85. The first-order valence-electron chi connectivity index (χ1n) is 3.68. The minimum atomic E-state index is 0.739. The molecular weight excluding hydrogens is 128 g/mol. The van der Waals surface area contributed by atoms with Crippen molar-refractivity contribution < 1.29 is 4.42 Å². The maximum atomic E-state index is 5.25. The first-order valence-corrected chi connectivity index (χ1v) is 3.68. The highest BCUT2D eigenvalue weighted by atomic mass is 16.4. The average Bonchev–Trinajstić information content (AvgIpc) is 2.37. The van der Waals surface area contributed by atoms with E-state index >= 15 is 0 Å². The fourth-order valence-corrected chi connectivity index (χ4v) is 0.746. The summed E-state index contributed by atoms with van der Waals surface area (Å²) in [4.78, 5) is 0. The van der Waals surface area contributed by atoms with Crippen LogP contribution in [-0.2, 0) is 12.8 Å². The Balaban J connectivity index is 2.59. The van der Waals surface area contributed by atoms with Gasteiger partial charge in [0.15, 0.2) is 0 Å². The summed E-state index contributed by atoms with van der Waals surface area (Å²) >= 11 is 0. The number of aryl methyl sites for hydroxylation is 2. The Hall–Kier alpha value is -0.860. The van der Waals surface area contributed by atoms with Crippen molar-refractivity contribution in [2.24, 2.45) is 0 Å². The van der Waals surface area contributed by atoms with Gasteiger partial charge >= 0.3 is 0 Å². The van der Waals surface area contributed by atoms with E-state index in [1.165, 1.54) is 0 Å². The molecule has 1 rings (SSSR count). The van der Waals surface area contributed by atoms with Gasteiger partial charge in [-0.2, -0.15) is 0 Å². The van der Waals surface area contributed by atoms with E-state index in [-0.39, 0.29) is 0 Å². The third-order valence-electron chi connectivity index (χ3n) is 1.28. The van der Waals surface area contributed by atoms with Gasteiger partial charge in [0.25, 0.3) is 0 Å². The quantitative estimate of drug-likeness (QED) is 0.639. The summed E-state index contributed by atoms with van der Waals surface area (Å²) in [5, 5.41) is 7.70. The monoisotopic (exact) mass is 140 g/mol. The van der Waals surface area contributed by atoms with Crippen LogP contribution in [0.1, 0.15) is 32.0 Å². The second kappa shape index (κ2) is 3.34. The SMILES string of the molecule is CCCc1nnc(CC)o1. The topological polar surface area (TPSA) is 38.9 Å². The van der Waals surface area contributed by atoms with Crippen molar-refractivity contribution in [3.05, 3.63) is 11.8 Å². The van der Waals surface area contributed by atoms with E-state index in [4.69, 9.17) is 4.42 Å². The maximum Gasteiger partial charge on any atom is 0.216 e. The zero-order valence-electron chi connectivity index (χ0n) is 6.42. The lowest BCUT2D eigenvalue weighted by Crippen LogP contribution is -1.80. The minimum Gasteiger partial charge on any atom is -0.425 e. The van der Waals surface area contributed by atoms with Crippen LogP contribution in [0.4, 0.5) is 0 Å². The average molecular weight is 140 g/mol. The standard InChI is InChI=1S/C7H12N2O/c1-3-5-7-9-8-6(4-2)10-7/h3-5H2,1-2H3. The molecule has 0 amide bonds. The lowest BCUT2D eigenvalue weighted by atomic mass is 10.3. The molecule has 0 aromatic carbocycles. The molecule has 0 saturated heterocycles. The molecule has 0 aliphatic heterocycles. The summed E-state index contributed by atoms with van der Waals surface area (Å²) in [5.74, 6) is 1.50. The van der Waals surface area contributed by atoms with Gasteiger partial charge in [-0.15, -0.1) is 10.2 Å². The van der Waals surface area contributed by atoms with Crippen LogP contribution in [0.5, 0.6) is 0 Å². The van der Waals surface area contributed by atoms with Crippen LogP contribution in [0.15, 0.2) is 4.42 Å². The van der Waals surface area contributed by atoms with E-state index in [2.05, 4.69) is 17.1 Å². The Labute approximate surface area is 60.5 Å². The van der Waals surface area contributed by atoms with Crippen molar-refractivity contribution >= 4 is 0 Å². The first-order chi connectivity index (χ1) is 4.86. The second-order valence-corrected chi connectivity index (χ2v) is 2.19. The summed E-state index contributed by atoms with van der Waals surface area (Å²) in [7, 11) is 0. The van der Waals surface area contributed by atoms with Crippen LogP contribution in [-0.4, -0.2) is 10.2 Å². The van der Waals surface area contributed by atoms with Gasteiger partial charge in [0, 0.05) is 12.8 Å². The van der Waals surface area contributed by atoms with E-state index in [0.29, 0.717) is 0 Å². The molecule has 0 N–H and O–H groups in total. The van der Waals surface area contributed by atoms with Crippen LogP contribution >= 0.6 is 0 Å². The van der Waals surface area contributed by atoms with Crippen molar-refractivity contribution in [2.45, 2.75) is 33.1 Å². The van der Waals surface area contributed by atoms with Crippen molar-refractivity contribution in [2.75, 3.05) is 0 Å². The number of hydrogen-bond acceptors (Lipinski definition) is 3. The maximum absolute atomic E-state index is 5.25. The summed E-state index contributed by atoms with van der Waals surface area (Å²) in [5.41, 5.74) is 0. The fourth-order valence-electron chi connectivity index (χ4n) is 0.746. The predicted molar refractivity (Wildman–Crippen MR) is 37.7 cm³/mol. The number of aromatic nitrogens is 2. The van der Waals surface area contributed by atoms with Crippen LogP contribution < -0.4 is 0 Å². The summed E-state index contributed by atoms with van der Waals surface area (Å²) in [6.45, 7) is 4.10. The zero-order valence-corrected chi connectivity index (χ0v) is 6.42. The zero-order chi connectivity index (χ0) is 7.40. The molecule has 1 aromatic heterocycles. The third-order valence-corrected chi connectivity index (χ3v) is 1.28. The van der Waals surface area contributed by atoms with E-state index in [1.807, 2.05) is 6.92 Å². The molecule has 56 valence electrons. The largest absolute Gasteiger partial charge is 0.425 e. The van der Waals surface area contributed by atoms with Gasteiger partial charge in [-0.1, -0.05) is 13.8 Å². The lowest BCUT2D eigenvalue weighted by molar-refractivity contribution is 0.451. The highest BCUT2D eigenvalue weighted by molar-refractivity contribution is 4.80. The molecule has 3 heteroatoms. The molecular formula is C7H12N2O. The number of rotatable bonds is 3. The fraction of sp³-hybridized carbons (Fsp3) is 0.714. The van der Waals surface area contributed by atoms with Crippen molar-refractivity contribution in [1.29, 1.82) is 0 Å². The molecule has 0 fully saturated rings. The van der Waals surface area contributed by atoms with Crippen molar-refractivity contribution in [3.63, 3.8) is 0 Å². The van der Waals surface area contributed by atoms with Crippen LogP contribution in [0, 0.1) is 0 Å². The molecule has 0 unspecified atom stereocenters. The molecule has 0 atom stereocenters. The van der Waals surface area contributed by atoms with Gasteiger partial charge in [-0.3, -0.25) is 0 Å². The Kier molecular flexibility index (Phi) is 2.42. The summed E-state index contributed by atoms with van der Waals surface area (Å²) in [6, 6.07) is 0. The molecule has 0 saturated carbocycles. The second-order valence-electron chi connectivity index (χ2n) is 2.19. The van der Waals surface area contributed by atoms with Crippen LogP contribution in [0.3, 0.4) is 0 Å². The van der Waals surface area contributed by atoms with Gasteiger partial charge in [0.1, 0.15) is 0 Å². The number of nitrogens with zero attached hydrogens (tertiary/aromatic N) is 2. The van der Waals surface area contributed by atoms with Gasteiger partial charge in [-0.05, 0) is 6.42 Å². The van der Waals surface area contributed by atoms with Crippen molar-refractivity contribution in [1.82, 2.24) is 10.2 Å². The molecule has 1 aromatic rings. The van der Waals surface area contributed by atoms with E-state index in [1.54, 1.807) is 0 Å². The van der Waals surface area contributed by atoms with E-state index in [0.717, 1.165) is 31.0 Å². The Morgan fingerprint density at radius 2 is 1.90 bits per heavy atom. The Morgan fingerprint density at radius 3 is 2.40 bits per heavy atom.